The molecule has 0 bridgehead atoms. The SMILES string of the molecule is CN(C)C(=O)N1CCC(c2cc3c(ncn3C)c(N3CCOCC3)n2)CC1.O=C(O)C(F)(F)F. The van der Waals surface area contributed by atoms with Crippen LogP contribution >= 0.6 is 0 Å². The van der Waals surface area contributed by atoms with Crippen molar-refractivity contribution in [1.29, 1.82) is 0 Å². The minimum atomic E-state index is -5.08. The number of aliphatic carboxylic acids is 1. The number of alkyl halides is 3. The molecule has 2 aromatic heterocycles. The lowest BCUT2D eigenvalue weighted by Crippen LogP contribution is -2.43. The van der Waals surface area contributed by atoms with E-state index in [1.54, 1.807) is 19.0 Å². The molecular formula is C21H29F3N6O4. The summed E-state index contributed by atoms with van der Waals surface area (Å²) in [6.07, 6.45) is -1.34. The molecule has 13 heteroatoms. The smallest absolute Gasteiger partial charge is 0.475 e. The Balaban J connectivity index is 0.000000406. The monoisotopic (exact) mass is 486 g/mol. The van der Waals surface area contributed by atoms with Gasteiger partial charge in [0.15, 0.2) is 5.82 Å². The number of urea groups is 1. The van der Waals surface area contributed by atoms with Gasteiger partial charge in [0.25, 0.3) is 0 Å². The fourth-order valence-corrected chi connectivity index (χ4v) is 3.98. The molecule has 10 nitrogen and oxygen atoms in total. The van der Waals surface area contributed by atoms with E-state index in [2.05, 4.69) is 20.5 Å². The van der Waals surface area contributed by atoms with Crippen molar-refractivity contribution in [1.82, 2.24) is 24.3 Å². The molecule has 4 rings (SSSR count). The number of fused-ring (bicyclic) bond motifs is 1. The summed E-state index contributed by atoms with van der Waals surface area (Å²) < 4.78 is 39.3. The molecule has 188 valence electrons. The van der Waals surface area contributed by atoms with E-state index in [9.17, 15) is 18.0 Å². The van der Waals surface area contributed by atoms with Crippen LogP contribution in [0.15, 0.2) is 12.4 Å². The maximum Gasteiger partial charge on any atom is 0.490 e. The predicted molar refractivity (Wildman–Crippen MR) is 118 cm³/mol. The Morgan fingerprint density at radius 3 is 2.26 bits per heavy atom. The van der Waals surface area contributed by atoms with Crippen molar-refractivity contribution in [2.75, 3.05) is 58.4 Å². The number of carboxylic acids is 1. The number of imidazole rings is 1. The van der Waals surface area contributed by atoms with Gasteiger partial charge < -0.3 is 29.1 Å². The van der Waals surface area contributed by atoms with E-state index >= 15 is 0 Å². The molecule has 2 amide bonds. The van der Waals surface area contributed by atoms with Crippen molar-refractivity contribution in [3.05, 3.63) is 18.1 Å². The zero-order valence-corrected chi connectivity index (χ0v) is 19.4. The van der Waals surface area contributed by atoms with Crippen molar-refractivity contribution in [2.24, 2.45) is 7.05 Å². The van der Waals surface area contributed by atoms with Crippen LogP contribution in [0.4, 0.5) is 23.8 Å². The first-order chi connectivity index (χ1) is 16.0. The first-order valence-corrected chi connectivity index (χ1v) is 10.9. The summed E-state index contributed by atoms with van der Waals surface area (Å²) in [6.45, 7) is 4.70. The molecule has 0 spiro atoms. The third kappa shape index (κ3) is 5.88. The molecule has 0 unspecified atom stereocenters. The number of aromatic nitrogens is 3. The third-order valence-electron chi connectivity index (χ3n) is 5.83. The number of likely N-dealkylation sites (tertiary alicyclic amines) is 1. The Hall–Kier alpha value is -3.09. The van der Waals surface area contributed by atoms with Crippen LogP contribution in [0.2, 0.25) is 0 Å². The third-order valence-corrected chi connectivity index (χ3v) is 5.83. The number of morpholine rings is 1. The second kappa shape index (κ2) is 10.5. The van der Waals surface area contributed by atoms with Crippen molar-refractivity contribution in [3.8, 4) is 0 Å². The molecular weight excluding hydrogens is 457 g/mol. The molecule has 0 aliphatic carbocycles. The number of anilines is 1. The van der Waals surface area contributed by atoms with E-state index in [-0.39, 0.29) is 6.03 Å². The molecule has 4 heterocycles. The summed E-state index contributed by atoms with van der Waals surface area (Å²) in [5, 5.41) is 7.12. The van der Waals surface area contributed by atoms with Gasteiger partial charge in [-0.2, -0.15) is 13.2 Å². The van der Waals surface area contributed by atoms with Crippen LogP contribution in [-0.2, 0) is 16.6 Å². The van der Waals surface area contributed by atoms with E-state index < -0.39 is 12.1 Å². The lowest BCUT2D eigenvalue weighted by atomic mass is 9.93. The molecule has 0 saturated carbocycles. The maximum absolute atomic E-state index is 12.2. The normalized spacial score (nSPS) is 17.4. The summed E-state index contributed by atoms with van der Waals surface area (Å²) in [6, 6.07) is 2.28. The summed E-state index contributed by atoms with van der Waals surface area (Å²) in [4.78, 5) is 36.6. The number of carboxylic acid groups (broad SMARTS) is 1. The van der Waals surface area contributed by atoms with Crippen LogP contribution in [0.5, 0.6) is 0 Å². The minimum Gasteiger partial charge on any atom is -0.475 e. The quantitative estimate of drug-likeness (QED) is 0.695. The first-order valence-electron chi connectivity index (χ1n) is 10.9. The summed E-state index contributed by atoms with van der Waals surface area (Å²) >= 11 is 0. The van der Waals surface area contributed by atoms with Gasteiger partial charge in [-0.15, -0.1) is 0 Å². The fraction of sp³-hybridized carbons (Fsp3) is 0.619. The molecule has 2 fully saturated rings. The summed E-state index contributed by atoms with van der Waals surface area (Å²) in [5.41, 5.74) is 3.20. The number of aryl methyl sites for hydroxylation is 1. The van der Waals surface area contributed by atoms with Crippen molar-refractivity contribution in [2.45, 2.75) is 24.9 Å². The average molecular weight is 486 g/mol. The number of amides is 2. The minimum absolute atomic E-state index is 0.0949. The molecule has 2 aliphatic heterocycles. The van der Waals surface area contributed by atoms with Crippen molar-refractivity contribution in [3.63, 3.8) is 0 Å². The van der Waals surface area contributed by atoms with Gasteiger partial charge >= 0.3 is 18.2 Å². The number of rotatable bonds is 2. The predicted octanol–water partition coefficient (Wildman–Crippen LogP) is 2.30. The van der Waals surface area contributed by atoms with Crippen LogP contribution in [0.3, 0.4) is 0 Å². The van der Waals surface area contributed by atoms with Crippen LogP contribution in [0, 0.1) is 0 Å². The number of piperidine rings is 1. The van der Waals surface area contributed by atoms with Crippen LogP contribution in [0.25, 0.3) is 11.0 Å². The van der Waals surface area contributed by atoms with Gasteiger partial charge in [0, 0.05) is 58.9 Å². The number of ether oxygens (including phenoxy) is 1. The van der Waals surface area contributed by atoms with Crippen LogP contribution in [-0.4, -0.2) is 101 Å². The lowest BCUT2D eigenvalue weighted by Gasteiger charge is -2.34. The van der Waals surface area contributed by atoms with Gasteiger partial charge in [-0.25, -0.2) is 19.6 Å². The summed E-state index contributed by atoms with van der Waals surface area (Å²) in [7, 11) is 5.64. The first kappa shape index (κ1) is 25.5. The standard InChI is InChI=1S/C19H28N6O2.C2HF3O2/c1-22(2)19(26)25-6-4-14(5-7-25)15-12-16-17(20-13-23(16)3)18(21-15)24-8-10-27-11-9-24;3-2(4,5)1(6)7/h12-14H,4-11H2,1-3H3;(H,6,7). The van der Waals surface area contributed by atoms with Gasteiger partial charge in [0.1, 0.15) is 5.52 Å². The number of carbonyl (C=O) groups excluding carboxylic acids is 1. The second-order valence-electron chi connectivity index (χ2n) is 8.43. The Morgan fingerprint density at radius 2 is 1.74 bits per heavy atom. The van der Waals surface area contributed by atoms with Crippen LogP contribution < -0.4 is 4.90 Å². The van der Waals surface area contributed by atoms with Crippen LogP contribution in [0.1, 0.15) is 24.5 Å². The Bertz CT molecular complexity index is 1010. The lowest BCUT2D eigenvalue weighted by molar-refractivity contribution is -0.192. The fourth-order valence-electron chi connectivity index (χ4n) is 3.98. The molecule has 34 heavy (non-hydrogen) atoms. The number of pyridine rings is 1. The molecule has 2 saturated heterocycles. The van der Waals surface area contributed by atoms with E-state index in [0.717, 1.165) is 74.8 Å². The highest BCUT2D eigenvalue weighted by Crippen LogP contribution is 2.32. The van der Waals surface area contributed by atoms with E-state index in [1.807, 2.05) is 18.3 Å². The maximum atomic E-state index is 12.2. The van der Waals surface area contributed by atoms with E-state index in [4.69, 9.17) is 19.6 Å². The average Bonchev–Trinajstić information content (AvgIpc) is 3.19. The Kier molecular flexibility index (Phi) is 7.85. The zero-order valence-electron chi connectivity index (χ0n) is 19.4. The van der Waals surface area contributed by atoms with Gasteiger partial charge in [0.2, 0.25) is 0 Å². The molecule has 2 aliphatic rings. The van der Waals surface area contributed by atoms with Gasteiger partial charge in [-0.3, -0.25) is 0 Å². The molecule has 0 aromatic carbocycles. The zero-order chi connectivity index (χ0) is 25.0. The molecule has 2 aromatic rings. The second-order valence-corrected chi connectivity index (χ2v) is 8.43. The Labute approximate surface area is 194 Å². The number of halogens is 3. The highest BCUT2D eigenvalue weighted by Gasteiger charge is 2.38. The number of carbonyl (C=O) groups is 2. The topological polar surface area (TPSA) is 104 Å². The van der Waals surface area contributed by atoms with Gasteiger partial charge in [-0.05, 0) is 18.9 Å². The largest absolute Gasteiger partial charge is 0.490 e. The molecule has 0 radical (unpaired) electrons. The highest BCUT2D eigenvalue weighted by molar-refractivity contribution is 5.87. The number of nitrogens with zero attached hydrogens (tertiary/aromatic N) is 6. The Morgan fingerprint density at radius 1 is 1.15 bits per heavy atom. The highest BCUT2D eigenvalue weighted by atomic mass is 19.4. The van der Waals surface area contributed by atoms with E-state index in [0.29, 0.717) is 5.92 Å². The molecule has 1 N–H and O–H groups in total. The number of hydrogen-bond acceptors (Lipinski definition) is 6. The van der Waals surface area contributed by atoms with Gasteiger partial charge in [-0.1, -0.05) is 0 Å². The number of hydrogen-bond donors (Lipinski definition) is 1. The van der Waals surface area contributed by atoms with Crippen molar-refractivity contribution >= 4 is 28.9 Å². The van der Waals surface area contributed by atoms with Crippen molar-refractivity contribution < 1.29 is 32.6 Å². The van der Waals surface area contributed by atoms with E-state index in [1.165, 1.54) is 0 Å². The van der Waals surface area contributed by atoms with Gasteiger partial charge in [0.05, 0.1) is 25.1 Å². The molecule has 0 atom stereocenters. The summed E-state index contributed by atoms with van der Waals surface area (Å²) in [5.74, 6) is -1.42.